The molecule has 0 aliphatic carbocycles. The quantitative estimate of drug-likeness (QED) is 0.661. The maximum absolute atomic E-state index is 5.59. The first-order valence-electron chi connectivity index (χ1n) is 6.43. The van der Waals surface area contributed by atoms with Gasteiger partial charge in [-0.3, -0.25) is 0 Å². The lowest BCUT2D eigenvalue weighted by Crippen LogP contribution is -2.42. The molecule has 1 atom stereocenters. The Morgan fingerprint density at radius 1 is 1.31 bits per heavy atom. The van der Waals surface area contributed by atoms with Crippen LogP contribution in [-0.4, -0.2) is 57.3 Å². The average molecular weight is 229 g/mol. The van der Waals surface area contributed by atoms with Crippen LogP contribution in [0, 0.1) is 5.92 Å². The van der Waals surface area contributed by atoms with Crippen LogP contribution in [0.2, 0.25) is 0 Å². The molecule has 0 aromatic carbocycles. The largest absolute Gasteiger partial charge is 0.380 e. The van der Waals surface area contributed by atoms with Crippen LogP contribution in [-0.2, 0) is 14.2 Å². The highest BCUT2D eigenvalue weighted by Gasteiger charge is 2.30. The monoisotopic (exact) mass is 229 g/mol. The van der Waals surface area contributed by atoms with Crippen LogP contribution in [0.4, 0.5) is 0 Å². The predicted octanol–water partition coefficient (Wildman–Crippen LogP) is 1.11. The molecule has 0 spiro atoms. The molecule has 0 unspecified atom stereocenters. The zero-order valence-electron chi connectivity index (χ0n) is 10.2. The highest BCUT2D eigenvalue weighted by Crippen LogP contribution is 2.24. The van der Waals surface area contributed by atoms with Crippen molar-refractivity contribution in [1.29, 1.82) is 0 Å². The van der Waals surface area contributed by atoms with Crippen molar-refractivity contribution < 1.29 is 14.2 Å². The first-order valence-corrected chi connectivity index (χ1v) is 6.43. The number of hydrogen-bond donors (Lipinski definition) is 0. The zero-order chi connectivity index (χ0) is 11.2. The van der Waals surface area contributed by atoms with Crippen molar-refractivity contribution in [3.05, 3.63) is 0 Å². The van der Waals surface area contributed by atoms with Crippen LogP contribution in [0.3, 0.4) is 0 Å². The van der Waals surface area contributed by atoms with Gasteiger partial charge in [0.05, 0.1) is 19.8 Å². The second-order valence-corrected chi connectivity index (χ2v) is 4.51. The zero-order valence-corrected chi connectivity index (χ0v) is 10.2. The van der Waals surface area contributed by atoms with Crippen LogP contribution in [0.5, 0.6) is 0 Å². The molecule has 94 valence electrons. The smallest absolute Gasteiger partial charge is 0.161 e. The molecule has 2 saturated heterocycles. The minimum absolute atomic E-state index is 0.0508. The first-order chi connectivity index (χ1) is 7.90. The second-order valence-electron chi connectivity index (χ2n) is 4.51. The van der Waals surface area contributed by atoms with Gasteiger partial charge in [-0.25, -0.2) is 0 Å². The van der Waals surface area contributed by atoms with E-state index >= 15 is 0 Å². The maximum Gasteiger partial charge on any atom is 0.161 e. The van der Waals surface area contributed by atoms with Gasteiger partial charge < -0.3 is 19.1 Å². The molecule has 0 amide bonds. The molecule has 0 saturated carbocycles. The molecule has 4 nitrogen and oxygen atoms in total. The van der Waals surface area contributed by atoms with E-state index in [-0.39, 0.29) is 6.29 Å². The second kappa shape index (κ2) is 6.55. The summed E-state index contributed by atoms with van der Waals surface area (Å²) in [6.45, 7) is 8.55. The van der Waals surface area contributed by atoms with Crippen molar-refractivity contribution in [1.82, 2.24) is 4.90 Å². The van der Waals surface area contributed by atoms with Gasteiger partial charge in [-0.05, 0) is 26.3 Å². The van der Waals surface area contributed by atoms with Gasteiger partial charge in [-0.2, -0.15) is 0 Å². The fraction of sp³-hybridized carbons (Fsp3) is 1.00. The molecule has 2 heterocycles. The number of likely N-dealkylation sites (tertiary alicyclic amines) is 1. The normalized spacial score (nSPS) is 28.7. The summed E-state index contributed by atoms with van der Waals surface area (Å²) in [7, 11) is 0. The number of piperidine rings is 1. The van der Waals surface area contributed by atoms with Gasteiger partial charge in [0.1, 0.15) is 0 Å². The minimum Gasteiger partial charge on any atom is -0.380 e. The number of hydrogen-bond acceptors (Lipinski definition) is 4. The maximum atomic E-state index is 5.59. The van der Waals surface area contributed by atoms with E-state index in [2.05, 4.69) is 4.90 Å². The van der Waals surface area contributed by atoms with Gasteiger partial charge in [0.15, 0.2) is 6.29 Å². The Morgan fingerprint density at radius 3 is 2.88 bits per heavy atom. The van der Waals surface area contributed by atoms with E-state index in [0.717, 1.165) is 39.5 Å². The van der Waals surface area contributed by atoms with Crippen molar-refractivity contribution in [2.75, 3.05) is 46.1 Å². The van der Waals surface area contributed by atoms with Crippen LogP contribution in [0.1, 0.15) is 19.8 Å². The van der Waals surface area contributed by atoms with Crippen molar-refractivity contribution >= 4 is 0 Å². The van der Waals surface area contributed by atoms with Gasteiger partial charge in [0.25, 0.3) is 0 Å². The summed E-state index contributed by atoms with van der Waals surface area (Å²) in [6.07, 6.45) is 2.53. The predicted molar refractivity (Wildman–Crippen MR) is 61.3 cm³/mol. The van der Waals surface area contributed by atoms with E-state index in [4.69, 9.17) is 14.2 Å². The van der Waals surface area contributed by atoms with E-state index < -0.39 is 0 Å². The van der Waals surface area contributed by atoms with Gasteiger partial charge in [0.2, 0.25) is 0 Å². The first kappa shape index (κ1) is 12.3. The molecule has 4 heteroatoms. The molecule has 2 rings (SSSR count). The summed E-state index contributed by atoms with van der Waals surface area (Å²) in [5.74, 6) is 0.554. The summed E-state index contributed by atoms with van der Waals surface area (Å²) in [4.78, 5) is 2.47. The van der Waals surface area contributed by atoms with Crippen molar-refractivity contribution in [3.8, 4) is 0 Å². The van der Waals surface area contributed by atoms with Gasteiger partial charge >= 0.3 is 0 Å². The molecule has 0 aromatic rings. The SMILES string of the molecule is CCOCCN1CCC[C@@H](C2OCCO2)C1. The third-order valence-corrected chi connectivity index (χ3v) is 3.33. The van der Waals surface area contributed by atoms with Crippen molar-refractivity contribution in [2.24, 2.45) is 5.92 Å². The molecule has 0 aromatic heterocycles. The van der Waals surface area contributed by atoms with E-state index in [1.54, 1.807) is 0 Å². The van der Waals surface area contributed by atoms with Crippen LogP contribution >= 0.6 is 0 Å². The summed E-state index contributed by atoms with van der Waals surface area (Å²) in [6, 6.07) is 0. The summed E-state index contributed by atoms with van der Waals surface area (Å²) >= 11 is 0. The Hall–Kier alpha value is -0.160. The lowest BCUT2D eigenvalue weighted by atomic mass is 9.97. The van der Waals surface area contributed by atoms with Crippen molar-refractivity contribution in [3.63, 3.8) is 0 Å². The molecule has 16 heavy (non-hydrogen) atoms. The molecular formula is C12H23NO3. The molecule has 0 radical (unpaired) electrons. The van der Waals surface area contributed by atoms with Crippen LogP contribution in [0.15, 0.2) is 0 Å². The minimum atomic E-state index is 0.0508. The Balaban J connectivity index is 1.70. The molecular weight excluding hydrogens is 206 g/mol. The molecule has 2 aliphatic rings. The summed E-state index contributed by atoms with van der Waals surface area (Å²) in [5.41, 5.74) is 0. The Bertz CT molecular complexity index is 195. The number of nitrogens with zero attached hydrogens (tertiary/aromatic N) is 1. The third kappa shape index (κ3) is 3.42. The lowest BCUT2D eigenvalue weighted by Gasteiger charge is -2.34. The van der Waals surface area contributed by atoms with Crippen LogP contribution in [0.25, 0.3) is 0 Å². The molecule has 0 bridgehead atoms. The van der Waals surface area contributed by atoms with Gasteiger partial charge in [-0.15, -0.1) is 0 Å². The third-order valence-electron chi connectivity index (χ3n) is 3.33. The molecule has 2 fully saturated rings. The standard InChI is InChI=1S/C12H23NO3/c1-2-14-7-6-13-5-3-4-11(10-13)12-15-8-9-16-12/h11-12H,2-10H2,1H3/t11-/m1/s1. The van der Waals surface area contributed by atoms with Gasteiger partial charge in [0, 0.05) is 25.6 Å². The Labute approximate surface area is 97.8 Å². The van der Waals surface area contributed by atoms with E-state index in [0.29, 0.717) is 5.92 Å². The Morgan fingerprint density at radius 2 is 2.12 bits per heavy atom. The topological polar surface area (TPSA) is 30.9 Å². The fourth-order valence-corrected chi connectivity index (χ4v) is 2.50. The molecule has 0 N–H and O–H groups in total. The van der Waals surface area contributed by atoms with Gasteiger partial charge in [-0.1, -0.05) is 0 Å². The van der Waals surface area contributed by atoms with E-state index in [1.807, 2.05) is 6.92 Å². The van der Waals surface area contributed by atoms with E-state index in [1.165, 1.54) is 19.4 Å². The molecule has 2 aliphatic heterocycles. The lowest BCUT2D eigenvalue weighted by molar-refractivity contribution is -0.101. The number of ether oxygens (including phenoxy) is 3. The average Bonchev–Trinajstić information content (AvgIpc) is 2.83. The highest BCUT2D eigenvalue weighted by atomic mass is 16.7. The summed E-state index contributed by atoms with van der Waals surface area (Å²) in [5, 5.41) is 0. The Kier molecular flexibility index (Phi) is 5.03. The number of rotatable bonds is 5. The van der Waals surface area contributed by atoms with Crippen molar-refractivity contribution in [2.45, 2.75) is 26.1 Å². The van der Waals surface area contributed by atoms with Crippen LogP contribution < -0.4 is 0 Å². The summed E-state index contributed by atoms with van der Waals surface area (Å²) < 4.78 is 16.6. The fourth-order valence-electron chi connectivity index (χ4n) is 2.50. The van der Waals surface area contributed by atoms with E-state index in [9.17, 15) is 0 Å². The highest BCUT2D eigenvalue weighted by molar-refractivity contribution is 4.76.